The number of aromatic nitrogens is 2. The highest BCUT2D eigenvalue weighted by atomic mass is 35.5. The Labute approximate surface area is 135 Å². The predicted molar refractivity (Wildman–Crippen MR) is 82.2 cm³/mol. The molecule has 7 heteroatoms. The van der Waals surface area contributed by atoms with Crippen LogP contribution in [-0.4, -0.2) is 16.8 Å². The van der Waals surface area contributed by atoms with Gasteiger partial charge in [-0.25, -0.2) is 9.97 Å². The third-order valence-corrected chi connectivity index (χ3v) is 3.69. The van der Waals surface area contributed by atoms with Crippen LogP contribution in [0, 0.1) is 0 Å². The van der Waals surface area contributed by atoms with Crippen LogP contribution in [0.15, 0.2) is 36.7 Å². The number of hydrogen-bond acceptors (Lipinski definition) is 5. The topological polar surface area (TPSA) is 53.5 Å². The molecule has 0 bridgehead atoms. The molecule has 0 amide bonds. The molecule has 22 heavy (non-hydrogen) atoms. The standard InChI is InChI=1S/C15H8Cl2N2O3/c16-8-3-10-14(11(17)4-8)18-6-19-15(10)22-9-1-2-12-13(5-9)21-7-20-12/h1-6H,7H2. The summed E-state index contributed by atoms with van der Waals surface area (Å²) in [4.78, 5) is 8.31. The molecular weight excluding hydrogens is 327 g/mol. The summed E-state index contributed by atoms with van der Waals surface area (Å²) in [5, 5.41) is 1.57. The van der Waals surface area contributed by atoms with Gasteiger partial charge >= 0.3 is 0 Å². The van der Waals surface area contributed by atoms with Gasteiger partial charge in [-0.1, -0.05) is 23.2 Å². The van der Waals surface area contributed by atoms with Crippen molar-refractivity contribution >= 4 is 34.1 Å². The van der Waals surface area contributed by atoms with Crippen LogP contribution in [0.4, 0.5) is 0 Å². The maximum Gasteiger partial charge on any atom is 0.231 e. The molecule has 110 valence electrons. The maximum absolute atomic E-state index is 6.15. The Morgan fingerprint density at radius 1 is 1.00 bits per heavy atom. The predicted octanol–water partition coefficient (Wildman–Crippen LogP) is 4.46. The third kappa shape index (κ3) is 2.28. The van der Waals surface area contributed by atoms with Crippen molar-refractivity contribution in [1.82, 2.24) is 9.97 Å². The van der Waals surface area contributed by atoms with E-state index in [9.17, 15) is 0 Å². The highest BCUT2D eigenvalue weighted by Gasteiger charge is 2.15. The van der Waals surface area contributed by atoms with Crippen LogP contribution in [0.2, 0.25) is 10.0 Å². The molecule has 0 N–H and O–H groups in total. The van der Waals surface area contributed by atoms with Gasteiger partial charge in [0.1, 0.15) is 12.1 Å². The number of nitrogens with zero attached hydrogens (tertiary/aromatic N) is 2. The zero-order valence-electron chi connectivity index (χ0n) is 11.0. The average Bonchev–Trinajstić information content (AvgIpc) is 2.95. The first-order valence-electron chi connectivity index (χ1n) is 6.38. The minimum Gasteiger partial charge on any atom is -0.454 e. The molecule has 0 fully saturated rings. The minimum absolute atomic E-state index is 0.209. The van der Waals surface area contributed by atoms with Crippen LogP contribution >= 0.6 is 23.2 Å². The van der Waals surface area contributed by atoms with Gasteiger partial charge in [-0.3, -0.25) is 0 Å². The number of rotatable bonds is 2. The number of ether oxygens (including phenoxy) is 3. The molecule has 1 aliphatic heterocycles. The first kappa shape index (κ1) is 13.4. The first-order valence-corrected chi connectivity index (χ1v) is 7.13. The number of benzene rings is 2. The molecular formula is C15H8Cl2N2O3. The normalized spacial score (nSPS) is 12.6. The maximum atomic E-state index is 6.15. The third-order valence-electron chi connectivity index (χ3n) is 3.18. The SMILES string of the molecule is Clc1cc(Cl)c2ncnc(Oc3ccc4c(c3)OCO4)c2c1. The van der Waals surface area contributed by atoms with Crippen LogP contribution < -0.4 is 14.2 Å². The molecule has 4 rings (SSSR count). The Kier molecular flexibility index (Phi) is 3.17. The van der Waals surface area contributed by atoms with E-state index in [0.717, 1.165) is 0 Å². The first-order chi connectivity index (χ1) is 10.7. The van der Waals surface area contributed by atoms with Gasteiger partial charge in [-0.15, -0.1) is 0 Å². The molecule has 0 saturated carbocycles. The highest BCUT2D eigenvalue weighted by Crippen LogP contribution is 2.38. The van der Waals surface area contributed by atoms with Gasteiger partial charge in [0.25, 0.3) is 0 Å². The molecule has 0 atom stereocenters. The smallest absolute Gasteiger partial charge is 0.231 e. The van der Waals surface area contributed by atoms with E-state index >= 15 is 0 Å². The van der Waals surface area contributed by atoms with Crippen molar-refractivity contribution < 1.29 is 14.2 Å². The van der Waals surface area contributed by atoms with Crippen molar-refractivity contribution in [3.63, 3.8) is 0 Å². The Morgan fingerprint density at radius 2 is 1.86 bits per heavy atom. The van der Waals surface area contributed by atoms with Crippen molar-refractivity contribution in [2.24, 2.45) is 0 Å². The van der Waals surface area contributed by atoms with Crippen LogP contribution in [0.1, 0.15) is 0 Å². The number of hydrogen-bond donors (Lipinski definition) is 0. The molecule has 2 heterocycles. The van der Waals surface area contributed by atoms with Gasteiger partial charge in [-0.05, 0) is 24.3 Å². The van der Waals surface area contributed by atoms with Gasteiger partial charge in [-0.2, -0.15) is 0 Å². The quantitative estimate of drug-likeness (QED) is 0.692. The fraction of sp³-hybridized carbons (Fsp3) is 0.0667. The Balaban J connectivity index is 1.78. The molecule has 3 aromatic rings. The molecule has 0 radical (unpaired) electrons. The van der Waals surface area contributed by atoms with Crippen molar-refractivity contribution in [1.29, 1.82) is 0 Å². The van der Waals surface area contributed by atoms with Crippen LogP contribution in [0.3, 0.4) is 0 Å². The second kappa shape index (κ2) is 5.19. The molecule has 0 saturated heterocycles. The van der Waals surface area contributed by atoms with Gasteiger partial charge in [0.05, 0.1) is 15.9 Å². The molecule has 1 aromatic heterocycles. The lowest BCUT2D eigenvalue weighted by molar-refractivity contribution is 0.174. The zero-order valence-corrected chi connectivity index (χ0v) is 12.6. The number of halogens is 2. The van der Waals surface area contributed by atoms with E-state index in [2.05, 4.69) is 9.97 Å². The fourth-order valence-corrected chi connectivity index (χ4v) is 2.74. The highest BCUT2D eigenvalue weighted by molar-refractivity contribution is 6.38. The summed E-state index contributed by atoms with van der Waals surface area (Å²) in [6.07, 6.45) is 1.39. The summed E-state index contributed by atoms with van der Waals surface area (Å²) < 4.78 is 16.4. The molecule has 0 unspecified atom stereocenters. The average molecular weight is 335 g/mol. The largest absolute Gasteiger partial charge is 0.454 e. The summed E-state index contributed by atoms with van der Waals surface area (Å²) in [6.45, 7) is 0.209. The summed E-state index contributed by atoms with van der Waals surface area (Å²) >= 11 is 12.2. The zero-order chi connectivity index (χ0) is 15.1. The fourth-order valence-electron chi connectivity index (χ4n) is 2.20. The van der Waals surface area contributed by atoms with Crippen LogP contribution in [0.5, 0.6) is 23.1 Å². The molecule has 0 spiro atoms. The molecule has 2 aromatic carbocycles. The van der Waals surface area contributed by atoms with Gasteiger partial charge < -0.3 is 14.2 Å². The second-order valence-corrected chi connectivity index (χ2v) is 5.42. The van der Waals surface area contributed by atoms with Crippen molar-refractivity contribution in [3.8, 4) is 23.1 Å². The van der Waals surface area contributed by atoms with Crippen molar-refractivity contribution in [3.05, 3.63) is 46.7 Å². The lowest BCUT2D eigenvalue weighted by atomic mass is 10.2. The number of fused-ring (bicyclic) bond motifs is 2. The molecule has 1 aliphatic rings. The summed E-state index contributed by atoms with van der Waals surface area (Å²) in [7, 11) is 0. The molecule has 5 nitrogen and oxygen atoms in total. The minimum atomic E-state index is 0.209. The van der Waals surface area contributed by atoms with Crippen LogP contribution in [-0.2, 0) is 0 Å². The van der Waals surface area contributed by atoms with E-state index in [1.54, 1.807) is 30.3 Å². The van der Waals surface area contributed by atoms with Gasteiger partial charge in [0.15, 0.2) is 11.5 Å². The van der Waals surface area contributed by atoms with Crippen molar-refractivity contribution in [2.45, 2.75) is 0 Å². The van der Waals surface area contributed by atoms with E-state index in [1.165, 1.54) is 6.33 Å². The van der Waals surface area contributed by atoms with E-state index in [1.807, 2.05) is 0 Å². The van der Waals surface area contributed by atoms with Gasteiger partial charge in [0, 0.05) is 11.1 Å². The Bertz CT molecular complexity index is 886. The summed E-state index contributed by atoms with van der Waals surface area (Å²) in [6, 6.07) is 8.63. The van der Waals surface area contributed by atoms with E-state index in [4.69, 9.17) is 37.4 Å². The lowest BCUT2D eigenvalue weighted by Crippen LogP contribution is -1.93. The molecule has 0 aliphatic carbocycles. The monoisotopic (exact) mass is 334 g/mol. The summed E-state index contributed by atoms with van der Waals surface area (Å²) in [5.74, 6) is 2.26. The second-order valence-electron chi connectivity index (χ2n) is 4.58. The Morgan fingerprint density at radius 3 is 2.77 bits per heavy atom. The van der Waals surface area contributed by atoms with Crippen molar-refractivity contribution in [2.75, 3.05) is 6.79 Å². The van der Waals surface area contributed by atoms with E-state index in [0.29, 0.717) is 44.1 Å². The Hall–Kier alpha value is -2.24. The van der Waals surface area contributed by atoms with E-state index < -0.39 is 0 Å². The summed E-state index contributed by atoms with van der Waals surface area (Å²) in [5.41, 5.74) is 0.580. The van der Waals surface area contributed by atoms with Crippen LogP contribution in [0.25, 0.3) is 10.9 Å². The van der Waals surface area contributed by atoms with E-state index in [-0.39, 0.29) is 6.79 Å². The van der Waals surface area contributed by atoms with Gasteiger partial charge in [0.2, 0.25) is 12.7 Å². The lowest BCUT2D eigenvalue weighted by Gasteiger charge is -2.09.